The summed E-state index contributed by atoms with van der Waals surface area (Å²) in [6, 6.07) is 4.78. The summed E-state index contributed by atoms with van der Waals surface area (Å²) < 4.78 is 31.9. The fourth-order valence-electron chi connectivity index (χ4n) is 5.79. The molecule has 0 aliphatic carbocycles. The second kappa shape index (κ2) is 10.5. The Morgan fingerprint density at radius 3 is 2.58 bits per heavy atom. The molecule has 2 aliphatic rings. The van der Waals surface area contributed by atoms with Crippen LogP contribution < -0.4 is 11.1 Å². The summed E-state index contributed by atoms with van der Waals surface area (Å²) in [6.07, 6.45) is 8.88. The molecule has 7 nitrogen and oxygen atoms in total. The van der Waals surface area contributed by atoms with Crippen molar-refractivity contribution in [3.05, 3.63) is 53.8 Å². The van der Waals surface area contributed by atoms with Crippen molar-refractivity contribution in [1.82, 2.24) is 19.4 Å². The Kier molecular flexibility index (Phi) is 7.33. The molecular weight excluding hydrogens is 484 g/mol. The zero-order chi connectivity index (χ0) is 27.0. The van der Waals surface area contributed by atoms with E-state index in [-0.39, 0.29) is 17.1 Å². The highest BCUT2D eigenvalue weighted by atomic mass is 19.1. The van der Waals surface area contributed by atoms with E-state index in [4.69, 9.17) is 5.73 Å². The van der Waals surface area contributed by atoms with Crippen LogP contribution in [0.1, 0.15) is 58.3 Å². The number of imidazole rings is 1. The predicted octanol–water partition coefficient (Wildman–Crippen LogP) is 5.81. The van der Waals surface area contributed by atoms with Crippen molar-refractivity contribution < 1.29 is 8.78 Å². The highest BCUT2D eigenvalue weighted by Gasteiger charge is 2.30. The van der Waals surface area contributed by atoms with Crippen LogP contribution in [0.4, 0.5) is 14.6 Å². The average molecular weight is 522 g/mol. The number of piperidine rings is 1. The number of rotatable bonds is 7. The molecule has 1 fully saturated rings. The minimum Gasteiger partial charge on any atom is -0.326 e. The number of halogens is 2. The van der Waals surface area contributed by atoms with Gasteiger partial charge < -0.3 is 20.5 Å². The molecule has 1 aromatic carbocycles. The monoisotopic (exact) mass is 521 g/mol. The van der Waals surface area contributed by atoms with Gasteiger partial charge in [0.2, 0.25) is 0 Å². The van der Waals surface area contributed by atoms with Gasteiger partial charge in [0, 0.05) is 17.8 Å². The Balaban J connectivity index is 1.32. The number of likely N-dealkylation sites (tertiary alicyclic amines) is 1. The zero-order valence-electron chi connectivity index (χ0n) is 22.6. The largest absolute Gasteiger partial charge is 0.326 e. The minimum absolute atomic E-state index is 0.0871. The van der Waals surface area contributed by atoms with Crippen LogP contribution in [0, 0.1) is 24.5 Å². The standard InChI is InChI=1S/C29H37F2N7/c1-5-37-10-7-20(8-11-37)15-29(32)9-6-26(34-17-29)36-27-14-22(24(31)16-33-27)21-12-23(30)28-25(13-21)38(18(2)3)19(4)35-28/h6,12-14,16-18,20H,5,7-11,15,32H2,1-4H3,(H,33,36). The number of nitrogens with zero attached hydrogens (tertiary/aromatic N) is 5. The molecule has 2 aliphatic heterocycles. The summed E-state index contributed by atoms with van der Waals surface area (Å²) in [6.45, 7) is 11.4. The van der Waals surface area contributed by atoms with E-state index in [2.05, 4.69) is 32.1 Å². The van der Waals surface area contributed by atoms with Gasteiger partial charge in [-0.3, -0.25) is 0 Å². The molecule has 3 aromatic rings. The number of aliphatic imine (C=N–C) groups is 1. The lowest BCUT2D eigenvalue weighted by molar-refractivity contribution is 0.176. The van der Waals surface area contributed by atoms with Crippen LogP contribution in [0.2, 0.25) is 0 Å². The smallest absolute Gasteiger partial charge is 0.151 e. The quantitative estimate of drug-likeness (QED) is 0.410. The van der Waals surface area contributed by atoms with Gasteiger partial charge in [0.25, 0.3) is 0 Å². The van der Waals surface area contributed by atoms with E-state index in [1.54, 1.807) is 12.1 Å². The molecule has 0 spiro atoms. The van der Waals surface area contributed by atoms with Crippen molar-refractivity contribution in [3.63, 3.8) is 0 Å². The van der Waals surface area contributed by atoms with Crippen LogP contribution in [0.25, 0.3) is 22.2 Å². The Morgan fingerprint density at radius 1 is 1.16 bits per heavy atom. The first-order valence-corrected chi connectivity index (χ1v) is 13.5. The number of benzene rings is 1. The molecule has 4 heterocycles. The van der Waals surface area contributed by atoms with Gasteiger partial charge in [-0.15, -0.1) is 0 Å². The number of pyridine rings is 1. The van der Waals surface area contributed by atoms with Gasteiger partial charge in [0.15, 0.2) is 5.82 Å². The molecule has 0 bridgehead atoms. The number of aromatic nitrogens is 3. The zero-order valence-corrected chi connectivity index (χ0v) is 22.6. The van der Waals surface area contributed by atoms with Crippen molar-refractivity contribution in [2.75, 3.05) is 25.0 Å². The van der Waals surface area contributed by atoms with Crippen molar-refractivity contribution in [1.29, 1.82) is 0 Å². The van der Waals surface area contributed by atoms with Crippen molar-refractivity contribution in [2.24, 2.45) is 16.6 Å². The van der Waals surface area contributed by atoms with Gasteiger partial charge in [0.05, 0.1) is 17.3 Å². The molecule has 0 saturated carbocycles. The predicted molar refractivity (Wildman–Crippen MR) is 149 cm³/mol. The normalized spacial score (nSPS) is 20.9. The number of hydrogen-bond acceptors (Lipinski definition) is 6. The first-order valence-electron chi connectivity index (χ1n) is 13.5. The second-order valence-corrected chi connectivity index (χ2v) is 11.0. The summed E-state index contributed by atoms with van der Waals surface area (Å²) in [4.78, 5) is 15.6. The van der Waals surface area contributed by atoms with E-state index in [1.807, 2.05) is 37.6 Å². The Bertz CT molecular complexity index is 1390. The average Bonchev–Trinajstić information content (AvgIpc) is 3.23. The summed E-state index contributed by atoms with van der Waals surface area (Å²) >= 11 is 0. The molecule has 0 radical (unpaired) electrons. The second-order valence-electron chi connectivity index (χ2n) is 11.0. The molecular formula is C29H37F2N7. The highest BCUT2D eigenvalue weighted by Crippen LogP contribution is 2.33. The highest BCUT2D eigenvalue weighted by molar-refractivity contribution is 5.84. The number of nitrogens with one attached hydrogen (secondary N) is 1. The van der Waals surface area contributed by atoms with E-state index < -0.39 is 17.2 Å². The van der Waals surface area contributed by atoms with Crippen LogP contribution in [-0.4, -0.2) is 50.8 Å². The Labute approximate surface area is 222 Å². The summed E-state index contributed by atoms with van der Waals surface area (Å²) in [5.74, 6) is 1.35. The van der Waals surface area contributed by atoms with Crippen LogP contribution in [0.5, 0.6) is 0 Å². The third-order valence-electron chi connectivity index (χ3n) is 7.82. The Morgan fingerprint density at radius 2 is 1.92 bits per heavy atom. The van der Waals surface area contributed by atoms with Gasteiger partial charge in [-0.1, -0.05) is 6.92 Å². The first-order chi connectivity index (χ1) is 18.2. The molecule has 1 saturated heterocycles. The van der Waals surface area contributed by atoms with E-state index in [1.165, 1.54) is 18.9 Å². The number of nitrogens with two attached hydrogens (primary N) is 1. The molecule has 3 N–H and O–H groups in total. The van der Waals surface area contributed by atoms with Gasteiger partial charge in [-0.2, -0.15) is 0 Å². The summed E-state index contributed by atoms with van der Waals surface area (Å²) in [5.41, 5.74) is 7.83. The Hall–Kier alpha value is -3.17. The van der Waals surface area contributed by atoms with Crippen LogP contribution >= 0.6 is 0 Å². The fourth-order valence-corrected chi connectivity index (χ4v) is 5.79. The number of anilines is 1. The van der Waals surface area contributed by atoms with Crippen molar-refractivity contribution in [3.8, 4) is 11.1 Å². The minimum atomic E-state index is -0.530. The molecule has 9 heteroatoms. The van der Waals surface area contributed by atoms with Crippen molar-refractivity contribution >= 4 is 23.1 Å². The number of aryl methyl sites for hydroxylation is 1. The lowest BCUT2D eigenvalue weighted by Crippen LogP contribution is -2.46. The molecule has 0 amide bonds. The molecule has 1 atom stereocenters. The van der Waals surface area contributed by atoms with Gasteiger partial charge in [-0.25, -0.2) is 23.7 Å². The number of hydrogen-bond donors (Lipinski definition) is 2. The molecule has 1 unspecified atom stereocenters. The van der Waals surface area contributed by atoms with E-state index >= 15 is 4.39 Å². The molecule has 2 aromatic heterocycles. The van der Waals surface area contributed by atoms with Gasteiger partial charge in [-0.05, 0) is 102 Å². The van der Waals surface area contributed by atoms with Gasteiger partial charge >= 0.3 is 0 Å². The topological polar surface area (TPSA) is 84.4 Å². The third-order valence-corrected chi connectivity index (χ3v) is 7.82. The fraction of sp³-hybridized carbons (Fsp3) is 0.483. The first kappa shape index (κ1) is 26.4. The van der Waals surface area contributed by atoms with Crippen molar-refractivity contribution in [2.45, 2.75) is 65.0 Å². The van der Waals surface area contributed by atoms with Crippen LogP contribution in [-0.2, 0) is 0 Å². The summed E-state index contributed by atoms with van der Waals surface area (Å²) in [7, 11) is 0. The van der Waals surface area contributed by atoms with E-state index in [9.17, 15) is 4.39 Å². The lowest BCUT2D eigenvalue weighted by atomic mass is 9.81. The van der Waals surface area contributed by atoms with E-state index in [0.717, 1.165) is 32.3 Å². The maximum atomic E-state index is 15.0. The van der Waals surface area contributed by atoms with Gasteiger partial charge in [0.1, 0.15) is 28.8 Å². The third kappa shape index (κ3) is 5.35. The van der Waals surface area contributed by atoms with Crippen LogP contribution in [0.3, 0.4) is 0 Å². The van der Waals surface area contributed by atoms with E-state index in [0.29, 0.717) is 40.9 Å². The molecule has 5 rings (SSSR count). The maximum absolute atomic E-state index is 15.0. The molecule has 38 heavy (non-hydrogen) atoms. The summed E-state index contributed by atoms with van der Waals surface area (Å²) in [5, 5.41) is 3.17. The number of fused-ring (bicyclic) bond motifs is 1. The SMILES string of the molecule is CCN1CCC(CC2(N)C=NC(Nc3cc(-c4cc(F)c5nc(C)n(C(C)C)c5c4)c(F)cn3)=CC2)CC1. The molecule has 202 valence electrons. The maximum Gasteiger partial charge on any atom is 0.151 e. The lowest BCUT2D eigenvalue weighted by Gasteiger charge is -2.36. The van der Waals surface area contributed by atoms with Crippen LogP contribution in [0.15, 0.2) is 41.3 Å².